The van der Waals surface area contributed by atoms with E-state index >= 15 is 0 Å². The summed E-state index contributed by atoms with van der Waals surface area (Å²) in [7, 11) is -3.59. The van der Waals surface area contributed by atoms with Gasteiger partial charge in [0.2, 0.25) is 10.0 Å². The van der Waals surface area contributed by atoms with Crippen molar-refractivity contribution in [1.29, 1.82) is 0 Å². The highest BCUT2D eigenvalue weighted by molar-refractivity contribution is 7.89. The van der Waals surface area contributed by atoms with E-state index in [1.807, 2.05) is 6.92 Å². The summed E-state index contributed by atoms with van der Waals surface area (Å²) in [6.45, 7) is 3.19. The third-order valence-corrected chi connectivity index (χ3v) is 6.39. The van der Waals surface area contributed by atoms with Crippen LogP contribution in [0.25, 0.3) is 0 Å². The highest BCUT2D eigenvalue weighted by Gasteiger charge is 2.28. The van der Waals surface area contributed by atoms with Gasteiger partial charge in [-0.3, -0.25) is 4.79 Å². The SMILES string of the molecule is Cc1ccc(S(=O)(=O)N2CCCN(C(=O)c3cccc(F)c3)CC2)cc1. The third kappa shape index (κ3) is 3.94. The van der Waals surface area contributed by atoms with Gasteiger partial charge in [0.25, 0.3) is 5.91 Å². The fourth-order valence-corrected chi connectivity index (χ4v) is 4.47. The van der Waals surface area contributed by atoms with Crippen molar-refractivity contribution in [3.63, 3.8) is 0 Å². The molecule has 0 aliphatic carbocycles. The van der Waals surface area contributed by atoms with Gasteiger partial charge >= 0.3 is 0 Å². The molecule has 0 saturated carbocycles. The summed E-state index contributed by atoms with van der Waals surface area (Å²) in [5.74, 6) is -0.742. The summed E-state index contributed by atoms with van der Waals surface area (Å²) in [4.78, 5) is 14.4. The topological polar surface area (TPSA) is 57.7 Å². The van der Waals surface area contributed by atoms with Gasteiger partial charge in [0.05, 0.1) is 4.90 Å². The molecule has 1 amide bonds. The Morgan fingerprint density at radius 3 is 2.42 bits per heavy atom. The average molecular weight is 376 g/mol. The number of nitrogens with zero attached hydrogens (tertiary/aromatic N) is 2. The molecule has 3 rings (SSSR count). The van der Waals surface area contributed by atoms with Gasteiger partial charge in [-0.15, -0.1) is 0 Å². The number of aryl methyl sites for hydroxylation is 1. The van der Waals surface area contributed by atoms with Gasteiger partial charge < -0.3 is 4.90 Å². The van der Waals surface area contributed by atoms with E-state index in [1.165, 1.54) is 22.5 Å². The molecule has 0 bridgehead atoms. The van der Waals surface area contributed by atoms with Gasteiger partial charge in [0.1, 0.15) is 5.82 Å². The highest BCUT2D eigenvalue weighted by Crippen LogP contribution is 2.19. The van der Waals surface area contributed by atoms with Gasteiger partial charge in [-0.1, -0.05) is 23.8 Å². The summed E-state index contributed by atoms with van der Waals surface area (Å²) < 4.78 is 40.4. The summed E-state index contributed by atoms with van der Waals surface area (Å²) in [5, 5.41) is 0. The van der Waals surface area contributed by atoms with Gasteiger partial charge in [-0.25, -0.2) is 12.8 Å². The van der Waals surface area contributed by atoms with Gasteiger partial charge in [-0.2, -0.15) is 4.31 Å². The molecule has 0 unspecified atom stereocenters. The number of halogens is 1. The second-order valence-corrected chi connectivity index (χ2v) is 8.31. The maximum atomic E-state index is 13.4. The largest absolute Gasteiger partial charge is 0.337 e. The standard InChI is InChI=1S/C19H21FN2O3S/c1-15-6-8-18(9-7-15)26(24,25)22-11-3-10-21(12-13-22)19(23)16-4-2-5-17(20)14-16/h2,4-9,14H,3,10-13H2,1H3. The van der Waals surface area contributed by atoms with Crippen LogP contribution in [0.1, 0.15) is 22.3 Å². The first kappa shape index (κ1) is 18.5. The van der Waals surface area contributed by atoms with Crippen molar-refractivity contribution < 1.29 is 17.6 Å². The number of carbonyl (C=O) groups excluding carboxylic acids is 1. The first-order valence-electron chi connectivity index (χ1n) is 8.49. The van der Waals surface area contributed by atoms with Crippen LogP contribution in [0, 0.1) is 12.7 Å². The lowest BCUT2D eigenvalue weighted by atomic mass is 10.2. The van der Waals surface area contributed by atoms with Crippen LogP contribution in [0.4, 0.5) is 4.39 Å². The van der Waals surface area contributed by atoms with Crippen LogP contribution < -0.4 is 0 Å². The van der Waals surface area contributed by atoms with Crippen LogP contribution >= 0.6 is 0 Å². The smallest absolute Gasteiger partial charge is 0.254 e. The normalized spacial score (nSPS) is 16.3. The molecular formula is C19H21FN2O3S. The van der Waals surface area contributed by atoms with Crippen LogP contribution in [0.2, 0.25) is 0 Å². The van der Waals surface area contributed by atoms with E-state index in [0.717, 1.165) is 5.56 Å². The molecular weight excluding hydrogens is 355 g/mol. The van der Waals surface area contributed by atoms with E-state index in [2.05, 4.69) is 0 Å². The van der Waals surface area contributed by atoms with E-state index in [-0.39, 0.29) is 29.5 Å². The predicted octanol–water partition coefficient (Wildman–Crippen LogP) is 2.67. The Kier molecular flexibility index (Phi) is 5.38. The Balaban J connectivity index is 1.73. The molecule has 1 saturated heterocycles. The molecule has 1 fully saturated rings. The number of amides is 1. The molecule has 0 atom stereocenters. The molecule has 26 heavy (non-hydrogen) atoms. The number of rotatable bonds is 3. The number of sulfonamides is 1. The first-order valence-corrected chi connectivity index (χ1v) is 9.93. The molecule has 0 N–H and O–H groups in total. The lowest BCUT2D eigenvalue weighted by Gasteiger charge is -2.22. The van der Waals surface area contributed by atoms with E-state index < -0.39 is 15.8 Å². The Morgan fingerprint density at radius 2 is 1.73 bits per heavy atom. The molecule has 0 aromatic heterocycles. The molecule has 2 aromatic carbocycles. The molecule has 1 heterocycles. The van der Waals surface area contributed by atoms with Crippen molar-refractivity contribution >= 4 is 15.9 Å². The summed E-state index contributed by atoms with van der Waals surface area (Å²) in [5.41, 5.74) is 1.27. The van der Waals surface area contributed by atoms with Crippen molar-refractivity contribution in [3.05, 3.63) is 65.5 Å². The van der Waals surface area contributed by atoms with Crippen molar-refractivity contribution in [2.24, 2.45) is 0 Å². The number of carbonyl (C=O) groups is 1. The van der Waals surface area contributed by atoms with E-state index in [1.54, 1.807) is 35.2 Å². The maximum absolute atomic E-state index is 13.4. The van der Waals surface area contributed by atoms with E-state index in [9.17, 15) is 17.6 Å². The Labute approximate surface area is 153 Å². The number of benzene rings is 2. The molecule has 1 aliphatic heterocycles. The zero-order chi connectivity index (χ0) is 18.7. The van der Waals surface area contributed by atoms with Gasteiger partial charge in [0.15, 0.2) is 0 Å². The van der Waals surface area contributed by atoms with Crippen molar-refractivity contribution in [3.8, 4) is 0 Å². The molecule has 138 valence electrons. The fraction of sp³-hybridized carbons (Fsp3) is 0.316. The number of hydrogen-bond donors (Lipinski definition) is 0. The fourth-order valence-electron chi connectivity index (χ4n) is 3.00. The third-order valence-electron chi connectivity index (χ3n) is 4.47. The minimum atomic E-state index is -3.59. The van der Waals surface area contributed by atoms with Crippen molar-refractivity contribution in [1.82, 2.24) is 9.21 Å². The molecule has 2 aromatic rings. The second kappa shape index (κ2) is 7.55. The summed E-state index contributed by atoms with van der Waals surface area (Å²) >= 11 is 0. The Bertz CT molecular complexity index is 897. The number of hydrogen-bond acceptors (Lipinski definition) is 3. The Hall–Kier alpha value is -2.25. The maximum Gasteiger partial charge on any atom is 0.254 e. The summed E-state index contributed by atoms with van der Waals surface area (Å²) in [6, 6.07) is 12.3. The van der Waals surface area contributed by atoms with Crippen LogP contribution in [-0.2, 0) is 10.0 Å². The van der Waals surface area contributed by atoms with Crippen LogP contribution in [0.3, 0.4) is 0 Å². The lowest BCUT2D eigenvalue weighted by Crippen LogP contribution is -2.37. The monoisotopic (exact) mass is 376 g/mol. The van der Waals surface area contributed by atoms with Crippen LogP contribution in [0.15, 0.2) is 53.4 Å². The van der Waals surface area contributed by atoms with E-state index in [0.29, 0.717) is 19.5 Å². The van der Waals surface area contributed by atoms with Crippen molar-refractivity contribution in [2.45, 2.75) is 18.2 Å². The molecule has 7 heteroatoms. The minimum Gasteiger partial charge on any atom is -0.337 e. The van der Waals surface area contributed by atoms with Crippen molar-refractivity contribution in [2.75, 3.05) is 26.2 Å². The zero-order valence-corrected chi connectivity index (χ0v) is 15.4. The molecule has 0 radical (unpaired) electrons. The lowest BCUT2D eigenvalue weighted by molar-refractivity contribution is 0.0763. The first-order chi connectivity index (χ1) is 12.4. The zero-order valence-electron chi connectivity index (χ0n) is 14.6. The molecule has 0 spiro atoms. The van der Waals surface area contributed by atoms with E-state index in [4.69, 9.17) is 0 Å². The predicted molar refractivity (Wildman–Crippen MR) is 96.9 cm³/mol. The van der Waals surface area contributed by atoms with Gasteiger partial charge in [-0.05, 0) is 43.7 Å². The minimum absolute atomic E-state index is 0.220. The average Bonchev–Trinajstić information content (AvgIpc) is 2.88. The second-order valence-electron chi connectivity index (χ2n) is 6.37. The van der Waals surface area contributed by atoms with Crippen LogP contribution in [-0.4, -0.2) is 49.7 Å². The highest BCUT2D eigenvalue weighted by atomic mass is 32.2. The molecule has 5 nitrogen and oxygen atoms in total. The summed E-state index contributed by atoms with van der Waals surface area (Å²) in [6.07, 6.45) is 0.534. The van der Waals surface area contributed by atoms with Crippen LogP contribution in [0.5, 0.6) is 0 Å². The Morgan fingerprint density at radius 1 is 1.00 bits per heavy atom. The quantitative estimate of drug-likeness (QED) is 0.828. The van der Waals surface area contributed by atoms with Gasteiger partial charge in [0, 0.05) is 31.7 Å². The molecule has 1 aliphatic rings.